The molecular formula is C15H27F3N2. The molecule has 1 heterocycles. The molecular weight excluding hydrogens is 265 g/mol. The molecule has 1 saturated heterocycles. The second-order valence-electron chi connectivity index (χ2n) is 6.85. The van der Waals surface area contributed by atoms with Crippen LogP contribution in [0.5, 0.6) is 0 Å². The van der Waals surface area contributed by atoms with Gasteiger partial charge in [-0.2, -0.15) is 13.2 Å². The fourth-order valence-electron chi connectivity index (χ4n) is 3.23. The van der Waals surface area contributed by atoms with E-state index in [0.717, 1.165) is 25.4 Å². The minimum absolute atomic E-state index is 0.232. The lowest BCUT2D eigenvalue weighted by Crippen LogP contribution is -2.57. The molecule has 2 unspecified atom stereocenters. The van der Waals surface area contributed by atoms with E-state index in [-0.39, 0.29) is 6.42 Å². The summed E-state index contributed by atoms with van der Waals surface area (Å²) in [5.41, 5.74) is 0. The summed E-state index contributed by atoms with van der Waals surface area (Å²) in [6.45, 7) is 6.81. The van der Waals surface area contributed by atoms with Gasteiger partial charge in [0.2, 0.25) is 0 Å². The van der Waals surface area contributed by atoms with Crippen LogP contribution in [0.1, 0.15) is 46.0 Å². The zero-order valence-corrected chi connectivity index (χ0v) is 12.5. The molecule has 1 aliphatic heterocycles. The second-order valence-corrected chi connectivity index (χ2v) is 6.85. The van der Waals surface area contributed by atoms with Crippen LogP contribution in [-0.4, -0.2) is 42.8 Å². The Labute approximate surface area is 120 Å². The van der Waals surface area contributed by atoms with E-state index in [2.05, 4.69) is 24.1 Å². The van der Waals surface area contributed by atoms with Gasteiger partial charge in [-0.15, -0.1) is 0 Å². The average Bonchev–Trinajstić information content (AvgIpc) is 3.12. The summed E-state index contributed by atoms with van der Waals surface area (Å²) < 4.78 is 36.9. The van der Waals surface area contributed by atoms with Gasteiger partial charge < -0.3 is 5.32 Å². The van der Waals surface area contributed by atoms with Gasteiger partial charge in [0.25, 0.3) is 0 Å². The van der Waals surface area contributed by atoms with E-state index in [9.17, 15) is 13.2 Å². The van der Waals surface area contributed by atoms with Crippen molar-refractivity contribution in [3.63, 3.8) is 0 Å². The van der Waals surface area contributed by atoms with Gasteiger partial charge in [0.15, 0.2) is 0 Å². The van der Waals surface area contributed by atoms with E-state index in [4.69, 9.17) is 0 Å². The number of rotatable bonds is 6. The van der Waals surface area contributed by atoms with Crippen LogP contribution in [0.3, 0.4) is 0 Å². The van der Waals surface area contributed by atoms with Crippen LogP contribution in [0.15, 0.2) is 0 Å². The van der Waals surface area contributed by atoms with Crippen molar-refractivity contribution in [1.29, 1.82) is 0 Å². The van der Waals surface area contributed by atoms with Crippen LogP contribution in [0.4, 0.5) is 13.2 Å². The van der Waals surface area contributed by atoms with E-state index >= 15 is 0 Å². The van der Waals surface area contributed by atoms with Crippen LogP contribution < -0.4 is 5.32 Å². The lowest BCUT2D eigenvalue weighted by molar-refractivity contribution is -0.136. The largest absolute Gasteiger partial charge is 0.389 e. The maximum atomic E-state index is 12.3. The Morgan fingerprint density at radius 1 is 1.25 bits per heavy atom. The highest BCUT2D eigenvalue weighted by Crippen LogP contribution is 2.35. The monoisotopic (exact) mass is 292 g/mol. The molecule has 118 valence electrons. The maximum Gasteiger partial charge on any atom is 0.389 e. The zero-order valence-electron chi connectivity index (χ0n) is 12.5. The predicted octanol–water partition coefficient (Wildman–Crippen LogP) is 3.43. The SMILES string of the molecule is CC(C)CC1CNC(C2CC2)CN1CCCC(F)(F)F. The summed E-state index contributed by atoms with van der Waals surface area (Å²) >= 11 is 0. The van der Waals surface area contributed by atoms with Crippen LogP contribution in [-0.2, 0) is 0 Å². The van der Waals surface area contributed by atoms with Crippen LogP contribution in [0.25, 0.3) is 0 Å². The highest BCUT2D eigenvalue weighted by molar-refractivity contribution is 4.94. The molecule has 1 N–H and O–H groups in total. The number of nitrogens with zero attached hydrogens (tertiary/aromatic N) is 1. The third kappa shape index (κ3) is 5.24. The highest BCUT2D eigenvalue weighted by atomic mass is 19.4. The van der Waals surface area contributed by atoms with Gasteiger partial charge in [0, 0.05) is 31.6 Å². The Morgan fingerprint density at radius 2 is 1.95 bits per heavy atom. The summed E-state index contributed by atoms with van der Waals surface area (Å²) in [4.78, 5) is 2.31. The third-order valence-electron chi connectivity index (χ3n) is 4.40. The first kappa shape index (κ1) is 16.1. The molecule has 2 atom stereocenters. The maximum absolute atomic E-state index is 12.3. The quantitative estimate of drug-likeness (QED) is 0.807. The fourth-order valence-corrected chi connectivity index (χ4v) is 3.23. The van der Waals surface area contributed by atoms with Crippen molar-refractivity contribution < 1.29 is 13.2 Å². The average molecular weight is 292 g/mol. The highest BCUT2D eigenvalue weighted by Gasteiger charge is 2.37. The normalized spacial score (nSPS) is 29.1. The number of alkyl halides is 3. The van der Waals surface area contributed by atoms with Gasteiger partial charge in [-0.25, -0.2) is 0 Å². The third-order valence-corrected chi connectivity index (χ3v) is 4.40. The van der Waals surface area contributed by atoms with E-state index in [1.54, 1.807) is 0 Å². The predicted molar refractivity (Wildman–Crippen MR) is 74.6 cm³/mol. The summed E-state index contributed by atoms with van der Waals surface area (Å²) in [5.74, 6) is 1.35. The van der Waals surface area contributed by atoms with E-state index in [0.29, 0.717) is 24.5 Å². The van der Waals surface area contributed by atoms with Gasteiger partial charge >= 0.3 is 6.18 Å². The smallest absolute Gasteiger partial charge is 0.311 e. The van der Waals surface area contributed by atoms with Crippen LogP contribution >= 0.6 is 0 Å². The summed E-state index contributed by atoms with van der Waals surface area (Å²) in [7, 11) is 0. The first-order chi connectivity index (χ1) is 9.35. The molecule has 0 bridgehead atoms. The summed E-state index contributed by atoms with van der Waals surface area (Å²) in [6, 6.07) is 0.905. The molecule has 0 aromatic heterocycles. The van der Waals surface area contributed by atoms with Gasteiger partial charge in [0.05, 0.1) is 0 Å². The van der Waals surface area contributed by atoms with Crippen molar-refractivity contribution in [2.24, 2.45) is 11.8 Å². The summed E-state index contributed by atoms with van der Waals surface area (Å²) in [6.07, 6.45) is -0.811. The first-order valence-corrected chi connectivity index (χ1v) is 7.89. The van der Waals surface area contributed by atoms with Crippen LogP contribution in [0, 0.1) is 11.8 Å². The lowest BCUT2D eigenvalue weighted by atomic mass is 9.97. The number of hydrogen-bond donors (Lipinski definition) is 1. The molecule has 5 heteroatoms. The zero-order chi connectivity index (χ0) is 14.8. The first-order valence-electron chi connectivity index (χ1n) is 7.89. The Kier molecular flexibility index (Phi) is 5.35. The Hall–Kier alpha value is -0.290. The molecule has 0 aromatic rings. The van der Waals surface area contributed by atoms with Crippen molar-refractivity contribution in [1.82, 2.24) is 10.2 Å². The minimum atomic E-state index is -4.02. The van der Waals surface area contributed by atoms with E-state index < -0.39 is 12.6 Å². The Balaban J connectivity index is 1.83. The lowest BCUT2D eigenvalue weighted by Gasteiger charge is -2.41. The molecule has 2 aliphatic rings. The molecule has 0 amide bonds. The van der Waals surface area contributed by atoms with Crippen molar-refractivity contribution >= 4 is 0 Å². The molecule has 20 heavy (non-hydrogen) atoms. The second kappa shape index (κ2) is 6.65. The molecule has 0 spiro atoms. The molecule has 1 saturated carbocycles. The number of nitrogens with one attached hydrogen (secondary N) is 1. The van der Waals surface area contributed by atoms with Gasteiger partial charge in [-0.1, -0.05) is 13.8 Å². The molecule has 0 aromatic carbocycles. The Morgan fingerprint density at radius 3 is 2.50 bits per heavy atom. The van der Waals surface area contributed by atoms with Gasteiger partial charge in [0.1, 0.15) is 0 Å². The molecule has 2 rings (SSSR count). The summed E-state index contributed by atoms with van der Waals surface area (Å²) in [5, 5.41) is 3.61. The van der Waals surface area contributed by atoms with Crippen molar-refractivity contribution in [2.75, 3.05) is 19.6 Å². The van der Waals surface area contributed by atoms with Crippen LogP contribution in [0.2, 0.25) is 0 Å². The Bertz CT molecular complexity index is 300. The number of piperazine rings is 1. The van der Waals surface area contributed by atoms with E-state index in [1.807, 2.05) is 0 Å². The number of halogens is 3. The standard InChI is InChI=1S/C15H27F3N2/c1-11(2)8-13-9-19-14(12-4-5-12)10-20(13)7-3-6-15(16,17)18/h11-14,19H,3-10H2,1-2H3. The molecule has 1 aliphatic carbocycles. The minimum Gasteiger partial charge on any atom is -0.311 e. The van der Waals surface area contributed by atoms with Crippen molar-refractivity contribution in [2.45, 2.75) is 64.2 Å². The molecule has 0 radical (unpaired) electrons. The fraction of sp³-hybridized carbons (Fsp3) is 1.00. The van der Waals surface area contributed by atoms with Crippen molar-refractivity contribution in [3.8, 4) is 0 Å². The van der Waals surface area contributed by atoms with E-state index in [1.165, 1.54) is 12.8 Å². The van der Waals surface area contributed by atoms with Gasteiger partial charge in [-0.3, -0.25) is 4.90 Å². The van der Waals surface area contributed by atoms with Crippen molar-refractivity contribution in [3.05, 3.63) is 0 Å². The molecule has 2 nitrogen and oxygen atoms in total. The van der Waals surface area contributed by atoms with Gasteiger partial charge in [-0.05, 0) is 44.1 Å². The number of hydrogen-bond acceptors (Lipinski definition) is 2. The topological polar surface area (TPSA) is 15.3 Å². The molecule has 2 fully saturated rings.